The Morgan fingerprint density at radius 3 is 2.87 bits per heavy atom. The molecule has 30 heavy (non-hydrogen) atoms. The van der Waals surface area contributed by atoms with E-state index in [1.165, 1.54) is 7.11 Å². The second-order valence-corrected chi connectivity index (χ2v) is 8.99. The van der Waals surface area contributed by atoms with Gasteiger partial charge in [-0.25, -0.2) is 0 Å². The Kier molecular flexibility index (Phi) is 11.2. The smallest absolute Gasteiger partial charge is 0.305 e. The first-order chi connectivity index (χ1) is 14.5. The number of hydrogen-bond acceptors (Lipinski definition) is 6. The fourth-order valence-electron chi connectivity index (χ4n) is 3.87. The molecule has 1 aromatic rings. The van der Waals surface area contributed by atoms with Crippen LogP contribution in [-0.2, 0) is 32.1 Å². The largest absolute Gasteiger partial charge is 0.469 e. The summed E-state index contributed by atoms with van der Waals surface area (Å²) in [5.41, 5.74) is 2.17. The summed E-state index contributed by atoms with van der Waals surface area (Å²) in [6.45, 7) is 0.562. The highest BCUT2D eigenvalue weighted by atomic mass is 32.2. The molecule has 5 nitrogen and oxygen atoms in total. The highest BCUT2D eigenvalue weighted by Crippen LogP contribution is 2.33. The summed E-state index contributed by atoms with van der Waals surface area (Å²) in [5, 5.41) is 10.4. The van der Waals surface area contributed by atoms with Crippen molar-refractivity contribution < 1.29 is 24.2 Å². The quantitative estimate of drug-likeness (QED) is 0.288. The molecule has 1 saturated carbocycles. The number of ether oxygens (including phenoxy) is 2. The van der Waals surface area contributed by atoms with Gasteiger partial charge in [0.1, 0.15) is 5.78 Å². The number of carbonyl (C=O) groups is 2. The number of benzene rings is 1. The molecular weight excluding hydrogens is 400 g/mol. The number of aliphatic hydroxyl groups excluding tert-OH is 1. The number of thioether (sulfide) groups is 1. The summed E-state index contributed by atoms with van der Waals surface area (Å²) >= 11 is 1.78. The Morgan fingerprint density at radius 2 is 2.10 bits per heavy atom. The van der Waals surface area contributed by atoms with E-state index in [1.807, 2.05) is 30.4 Å². The van der Waals surface area contributed by atoms with Crippen LogP contribution in [0.1, 0.15) is 43.2 Å². The zero-order chi connectivity index (χ0) is 21.8. The van der Waals surface area contributed by atoms with Crippen molar-refractivity contribution in [3.05, 3.63) is 47.5 Å². The third kappa shape index (κ3) is 8.62. The Balaban J connectivity index is 1.76. The Bertz CT molecular complexity index is 703. The zero-order valence-electron chi connectivity index (χ0n) is 18.0. The predicted molar refractivity (Wildman–Crippen MR) is 120 cm³/mol. The monoisotopic (exact) mass is 434 g/mol. The molecule has 0 heterocycles. The topological polar surface area (TPSA) is 72.8 Å². The van der Waals surface area contributed by atoms with Crippen molar-refractivity contribution >= 4 is 23.5 Å². The number of Topliss-reactive ketones (excluding diaryl/α,β-unsaturated/α-hetero) is 1. The Labute approximate surface area is 184 Å². The minimum Gasteiger partial charge on any atom is -0.469 e. The lowest BCUT2D eigenvalue weighted by Crippen LogP contribution is -2.15. The van der Waals surface area contributed by atoms with Crippen LogP contribution >= 0.6 is 11.8 Å². The van der Waals surface area contributed by atoms with Crippen LogP contribution in [0.5, 0.6) is 0 Å². The van der Waals surface area contributed by atoms with Gasteiger partial charge in [-0.2, -0.15) is 11.8 Å². The van der Waals surface area contributed by atoms with E-state index in [9.17, 15) is 14.7 Å². The maximum Gasteiger partial charge on any atom is 0.305 e. The molecule has 0 unspecified atom stereocenters. The van der Waals surface area contributed by atoms with E-state index >= 15 is 0 Å². The van der Waals surface area contributed by atoms with Crippen LogP contribution in [0.15, 0.2) is 36.4 Å². The van der Waals surface area contributed by atoms with Gasteiger partial charge in [0.05, 0.1) is 19.8 Å². The predicted octanol–water partition coefficient (Wildman–Crippen LogP) is 3.96. The minimum absolute atomic E-state index is 0.0478. The lowest BCUT2D eigenvalue weighted by atomic mass is 9.92. The van der Waals surface area contributed by atoms with Crippen LogP contribution in [0.25, 0.3) is 0 Å². The molecule has 0 bridgehead atoms. The molecule has 2 rings (SSSR count). The fraction of sp³-hybridized carbons (Fsp3) is 0.583. The molecule has 0 radical (unpaired) electrons. The van der Waals surface area contributed by atoms with E-state index in [1.54, 1.807) is 18.9 Å². The van der Waals surface area contributed by atoms with E-state index in [-0.39, 0.29) is 17.8 Å². The number of ketones is 1. The standard InChI is InChI=1S/C24H34O5S/c1-28-17-19-6-3-5-18(15-19)16-21(25)10-8-20-9-11-23(26)22(20)12-14-30-13-4-7-24(27)29-2/h3,5-6,8,10,15,20-22,25H,4,7,9,11-14,16-17H2,1-2H3/b10-8+/t20-,21+,22+/m0/s1. The highest BCUT2D eigenvalue weighted by Gasteiger charge is 2.32. The number of aliphatic hydroxyl groups is 1. The van der Waals surface area contributed by atoms with Gasteiger partial charge in [-0.3, -0.25) is 9.59 Å². The van der Waals surface area contributed by atoms with E-state index in [4.69, 9.17) is 4.74 Å². The first-order valence-electron chi connectivity index (χ1n) is 10.6. The fourth-order valence-corrected chi connectivity index (χ4v) is 4.84. The third-order valence-electron chi connectivity index (χ3n) is 5.45. The number of rotatable bonds is 13. The van der Waals surface area contributed by atoms with Crippen molar-refractivity contribution in [1.29, 1.82) is 0 Å². The van der Waals surface area contributed by atoms with Crippen LogP contribution in [0, 0.1) is 11.8 Å². The molecule has 6 heteroatoms. The zero-order valence-corrected chi connectivity index (χ0v) is 18.9. The first-order valence-corrected chi connectivity index (χ1v) is 11.8. The number of hydrogen-bond donors (Lipinski definition) is 1. The molecule has 166 valence electrons. The molecule has 0 spiro atoms. The number of carbonyl (C=O) groups excluding carboxylic acids is 2. The van der Waals surface area contributed by atoms with Gasteiger partial charge in [0.15, 0.2) is 0 Å². The van der Waals surface area contributed by atoms with Crippen molar-refractivity contribution in [2.75, 3.05) is 25.7 Å². The SMILES string of the molecule is COCc1cccc(C[C@H](O)/C=C/[C@H]2CCC(=O)[C@@H]2CCSCCCC(=O)OC)c1. The summed E-state index contributed by atoms with van der Waals surface area (Å²) in [5.74, 6) is 2.24. The molecule has 0 amide bonds. The first kappa shape index (κ1) is 24.6. The molecule has 1 aliphatic rings. The Morgan fingerprint density at radius 1 is 1.30 bits per heavy atom. The maximum absolute atomic E-state index is 12.3. The van der Waals surface area contributed by atoms with Crippen LogP contribution in [0.3, 0.4) is 0 Å². The second-order valence-electron chi connectivity index (χ2n) is 7.77. The summed E-state index contributed by atoms with van der Waals surface area (Å²) in [6.07, 6.45) is 7.48. The van der Waals surface area contributed by atoms with Gasteiger partial charge in [-0.05, 0) is 47.8 Å². The number of allylic oxidation sites excluding steroid dienone is 1. The molecule has 1 N–H and O–H groups in total. The van der Waals surface area contributed by atoms with Crippen molar-refractivity contribution in [3.63, 3.8) is 0 Å². The van der Waals surface area contributed by atoms with Crippen LogP contribution in [0.2, 0.25) is 0 Å². The van der Waals surface area contributed by atoms with Gasteiger partial charge in [0, 0.05) is 32.3 Å². The normalized spacial score (nSPS) is 20.0. The molecule has 1 aliphatic carbocycles. The summed E-state index contributed by atoms with van der Waals surface area (Å²) < 4.78 is 9.80. The van der Waals surface area contributed by atoms with E-state index in [0.717, 1.165) is 41.9 Å². The van der Waals surface area contributed by atoms with Crippen LogP contribution < -0.4 is 0 Å². The van der Waals surface area contributed by atoms with Gasteiger partial charge in [-0.1, -0.05) is 36.4 Å². The van der Waals surface area contributed by atoms with Crippen LogP contribution in [0.4, 0.5) is 0 Å². The van der Waals surface area contributed by atoms with Crippen molar-refractivity contribution in [3.8, 4) is 0 Å². The molecule has 1 aromatic carbocycles. The summed E-state index contributed by atoms with van der Waals surface area (Å²) in [6, 6.07) is 8.06. The maximum atomic E-state index is 12.3. The number of esters is 1. The molecular formula is C24H34O5S. The van der Waals surface area contributed by atoms with Crippen LogP contribution in [-0.4, -0.2) is 48.7 Å². The summed E-state index contributed by atoms with van der Waals surface area (Å²) in [4.78, 5) is 23.4. The second kappa shape index (κ2) is 13.6. The van der Waals surface area contributed by atoms with Gasteiger partial charge in [0.25, 0.3) is 0 Å². The molecule has 0 saturated heterocycles. The van der Waals surface area contributed by atoms with Crippen molar-refractivity contribution in [2.45, 2.75) is 51.2 Å². The Hall–Kier alpha value is -1.63. The molecule has 0 aromatic heterocycles. The van der Waals surface area contributed by atoms with Gasteiger partial charge in [-0.15, -0.1) is 0 Å². The molecule has 1 fully saturated rings. The average Bonchev–Trinajstić information content (AvgIpc) is 3.08. The molecule has 3 atom stereocenters. The molecule has 0 aliphatic heterocycles. The van der Waals surface area contributed by atoms with Crippen molar-refractivity contribution in [2.24, 2.45) is 11.8 Å². The van der Waals surface area contributed by atoms with Gasteiger partial charge < -0.3 is 14.6 Å². The van der Waals surface area contributed by atoms with Gasteiger partial charge >= 0.3 is 5.97 Å². The van der Waals surface area contributed by atoms with Crippen molar-refractivity contribution in [1.82, 2.24) is 0 Å². The average molecular weight is 435 g/mol. The third-order valence-corrected chi connectivity index (χ3v) is 6.55. The summed E-state index contributed by atoms with van der Waals surface area (Å²) in [7, 11) is 3.08. The lowest BCUT2D eigenvalue weighted by molar-refractivity contribution is -0.140. The lowest BCUT2D eigenvalue weighted by Gasteiger charge is -2.15. The highest BCUT2D eigenvalue weighted by molar-refractivity contribution is 7.99. The minimum atomic E-state index is -0.563. The number of methoxy groups -OCH3 is 2. The van der Waals surface area contributed by atoms with E-state index in [2.05, 4.69) is 10.8 Å². The van der Waals surface area contributed by atoms with Gasteiger partial charge in [0.2, 0.25) is 0 Å². The van der Waals surface area contributed by atoms with E-state index < -0.39 is 6.10 Å². The van der Waals surface area contributed by atoms with E-state index in [0.29, 0.717) is 31.7 Å².